The van der Waals surface area contributed by atoms with E-state index in [-0.39, 0.29) is 10.6 Å². The van der Waals surface area contributed by atoms with Crippen molar-refractivity contribution in [2.24, 2.45) is 0 Å². The number of Topliss-reactive ketones (excluding diaryl/α,β-unsaturated/α-hetero) is 1. The molecule has 0 fully saturated rings. The van der Waals surface area contributed by atoms with Crippen molar-refractivity contribution in [1.29, 1.82) is 0 Å². The van der Waals surface area contributed by atoms with Crippen LogP contribution in [0.5, 0.6) is 5.75 Å². The molecule has 0 heterocycles. The minimum Gasteiger partial charge on any atom is -0.507 e. The quantitative estimate of drug-likeness (QED) is 0.778. The third kappa shape index (κ3) is 1.85. The number of carbonyl (C=O) groups excluding carboxylic acids is 1. The first-order chi connectivity index (χ1) is 6.45. The molecule has 0 unspecified atom stereocenters. The maximum absolute atomic E-state index is 12.4. The van der Waals surface area contributed by atoms with Crippen molar-refractivity contribution < 1.29 is 18.7 Å². The fraction of sp³-hybridized carbons (Fsp3) is 0.222. The maximum Gasteiger partial charge on any atom is 0.268 e. The van der Waals surface area contributed by atoms with E-state index in [1.54, 1.807) is 0 Å². The van der Waals surface area contributed by atoms with Crippen LogP contribution < -0.4 is 0 Å². The number of phenolic OH excluding ortho intramolecular Hbond substituents is 1. The average Bonchev–Trinajstić information content (AvgIpc) is 2.02. The van der Waals surface area contributed by atoms with E-state index in [1.165, 1.54) is 13.0 Å². The van der Waals surface area contributed by atoms with Crippen molar-refractivity contribution in [3.8, 4) is 5.75 Å². The van der Waals surface area contributed by atoms with Crippen LogP contribution in [-0.2, 0) is 0 Å². The minimum atomic E-state index is -2.90. The van der Waals surface area contributed by atoms with E-state index in [2.05, 4.69) is 0 Å². The first-order valence-corrected chi connectivity index (χ1v) is 4.13. The molecule has 0 aliphatic carbocycles. The summed E-state index contributed by atoms with van der Waals surface area (Å²) in [6.45, 7) is 1.22. The Bertz CT molecular complexity index is 377. The van der Waals surface area contributed by atoms with Gasteiger partial charge in [-0.2, -0.15) is 0 Å². The highest BCUT2D eigenvalue weighted by molar-refractivity contribution is 6.34. The van der Waals surface area contributed by atoms with Crippen LogP contribution in [0.15, 0.2) is 12.1 Å². The molecule has 0 aromatic heterocycles. The van der Waals surface area contributed by atoms with Gasteiger partial charge in [-0.15, -0.1) is 0 Å². The predicted octanol–water partition coefficient (Wildman–Crippen LogP) is 3.19. The van der Waals surface area contributed by atoms with Gasteiger partial charge < -0.3 is 5.11 Å². The Hall–Kier alpha value is -1.16. The Labute approximate surface area is 84.1 Å². The van der Waals surface area contributed by atoms with Gasteiger partial charge >= 0.3 is 0 Å². The number of aromatic hydroxyl groups is 1. The van der Waals surface area contributed by atoms with Gasteiger partial charge in [-0.25, -0.2) is 8.78 Å². The molecule has 76 valence electrons. The van der Waals surface area contributed by atoms with Crippen LogP contribution in [-0.4, -0.2) is 10.9 Å². The van der Waals surface area contributed by atoms with Gasteiger partial charge in [-0.3, -0.25) is 4.79 Å². The lowest BCUT2D eigenvalue weighted by atomic mass is 10.1. The van der Waals surface area contributed by atoms with Gasteiger partial charge in [0.15, 0.2) is 5.78 Å². The van der Waals surface area contributed by atoms with Gasteiger partial charge in [0.05, 0.1) is 10.6 Å². The third-order valence-electron chi connectivity index (χ3n) is 1.75. The van der Waals surface area contributed by atoms with Crippen LogP contribution >= 0.6 is 11.6 Å². The zero-order valence-corrected chi connectivity index (χ0v) is 7.98. The Morgan fingerprint density at radius 1 is 1.50 bits per heavy atom. The Kier molecular flexibility index (Phi) is 3.06. The van der Waals surface area contributed by atoms with E-state index in [4.69, 9.17) is 16.7 Å². The molecule has 0 bridgehead atoms. The van der Waals surface area contributed by atoms with Crippen LogP contribution in [0.2, 0.25) is 5.02 Å². The number of phenols is 1. The molecule has 0 aliphatic heterocycles. The number of carbonyl (C=O) groups is 1. The number of hydrogen-bond acceptors (Lipinski definition) is 2. The summed E-state index contributed by atoms with van der Waals surface area (Å²) < 4.78 is 24.8. The van der Waals surface area contributed by atoms with E-state index in [9.17, 15) is 13.6 Å². The molecule has 1 N–H and O–H groups in total. The monoisotopic (exact) mass is 220 g/mol. The summed E-state index contributed by atoms with van der Waals surface area (Å²) >= 11 is 5.54. The van der Waals surface area contributed by atoms with E-state index in [1.807, 2.05) is 0 Å². The highest BCUT2D eigenvalue weighted by Gasteiger charge is 2.21. The average molecular weight is 221 g/mol. The summed E-state index contributed by atoms with van der Waals surface area (Å²) in [5.41, 5.74) is -0.709. The summed E-state index contributed by atoms with van der Waals surface area (Å²) in [4.78, 5) is 10.9. The Morgan fingerprint density at radius 2 is 2.07 bits per heavy atom. The van der Waals surface area contributed by atoms with Crippen molar-refractivity contribution in [3.05, 3.63) is 28.3 Å². The summed E-state index contributed by atoms with van der Waals surface area (Å²) in [5, 5.41) is 8.71. The fourth-order valence-electron chi connectivity index (χ4n) is 1.06. The van der Waals surface area contributed by atoms with E-state index in [0.29, 0.717) is 0 Å². The van der Waals surface area contributed by atoms with Gasteiger partial charge in [0.1, 0.15) is 5.75 Å². The van der Waals surface area contributed by atoms with Gasteiger partial charge in [0.25, 0.3) is 6.43 Å². The highest BCUT2D eigenvalue weighted by atomic mass is 35.5. The van der Waals surface area contributed by atoms with Gasteiger partial charge in [-0.1, -0.05) is 11.6 Å². The summed E-state index contributed by atoms with van der Waals surface area (Å²) in [6, 6.07) is 2.25. The van der Waals surface area contributed by atoms with Crippen molar-refractivity contribution in [2.45, 2.75) is 13.3 Å². The number of rotatable bonds is 2. The predicted molar refractivity (Wildman–Crippen MR) is 48.1 cm³/mol. The first kappa shape index (κ1) is 10.9. The molecule has 1 aromatic carbocycles. The summed E-state index contributed by atoms with van der Waals surface area (Å²) in [5.74, 6) is -1.02. The molecule has 0 spiro atoms. The molecule has 0 radical (unpaired) electrons. The first-order valence-electron chi connectivity index (χ1n) is 3.75. The molecule has 0 saturated carbocycles. The summed E-state index contributed by atoms with van der Waals surface area (Å²) in [6.07, 6.45) is -2.90. The number of hydrogen-bond donors (Lipinski definition) is 1. The molecule has 0 saturated heterocycles. The normalized spacial score (nSPS) is 10.6. The lowest BCUT2D eigenvalue weighted by molar-refractivity contribution is 0.101. The SMILES string of the molecule is CC(=O)c1ccc(O)c(C(F)F)c1Cl. The number of halogens is 3. The largest absolute Gasteiger partial charge is 0.507 e. The second-order valence-electron chi connectivity index (χ2n) is 2.72. The van der Waals surface area contributed by atoms with E-state index in [0.717, 1.165) is 6.07 Å². The second-order valence-corrected chi connectivity index (χ2v) is 3.09. The molecular formula is C9H7ClF2O2. The molecular weight excluding hydrogens is 214 g/mol. The standard InChI is InChI=1S/C9H7ClF2O2/c1-4(13)5-2-3-6(14)7(8(5)10)9(11)12/h2-3,9,14H,1H3. The third-order valence-corrected chi connectivity index (χ3v) is 2.16. The molecule has 2 nitrogen and oxygen atoms in total. The van der Waals surface area contributed by atoms with Crippen molar-refractivity contribution in [2.75, 3.05) is 0 Å². The van der Waals surface area contributed by atoms with Crippen molar-refractivity contribution in [1.82, 2.24) is 0 Å². The molecule has 0 aliphatic rings. The van der Waals surface area contributed by atoms with Gasteiger partial charge in [0, 0.05) is 5.56 Å². The zero-order valence-electron chi connectivity index (χ0n) is 7.22. The minimum absolute atomic E-state index is 0.0141. The number of alkyl halides is 2. The van der Waals surface area contributed by atoms with Gasteiger partial charge in [-0.05, 0) is 19.1 Å². The Morgan fingerprint density at radius 3 is 2.50 bits per heavy atom. The molecule has 14 heavy (non-hydrogen) atoms. The lowest BCUT2D eigenvalue weighted by Crippen LogP contribution is -1.97. The highest BCUT2D eigenvalue weighted by Crippen LogP contribution is 2.36. The maximum atomic E-state index is 12.4. The Balaban J connectivity index is 3.41. The van der Waals surface area contributed by atoms with Crippen LogP contribution in [0.3, 0.4) is 0 Å². The van der Waals surface area contributed by atoms with Crippen LogP contribution in [0.25, 0.3) is 0 Å². The molecule has 0 amide bonds. The number of ketones is 1. The topological polar surface area (TPSA) is 37.3 Å². The van der Waals surface area contributed by atoms with Crippen molar-refractivity contribution in [3.63, 3.8) is 0 Å². The van der Waals surface area contributed by atoms with E-state index >= 15 is 0 Å². The number of benzene rings is 1. The van der Waals surface area contributed by atoms with Crippen LogP contribution in [0, 0.1) is 0 Å². The van der Waals surface area contributed by atoms with E-state index < -0.39 is 23.5 Å². The van der Waals surface area contributed by atoms with Crippen LogP contribution in [0.1, 0.15) is 29.3 Å². The fourth-order valence-corrected chi connectivity index (χ4v) is 1.44. The molecule has 1 rings (SSSR count). The van der Waals surface area contributed by atoms with Crippen molar-refractivity contribution >= 4 is 17.4 Å². The lowest BCUT2D eigenvalue weighted by Gasteiger charge is -2.08. The second kappa shape index (κ2) is 3.92. The molecule has 5 heteroatoms. The molecule has 1 aromatic rings. The van der Waals surface area contributed by atoms with Gasteiger partial charge in [0.2, 0.25) is 0 Å². The summed E-state index contributed by atoms with van der Waals surface area (Å²) in [7, 11) is 0. The zero-order chi connectivity index (χ0) is 10.9. The van der Waals surface area contributed by atoms with Crippen LogP contribution in [0.4, 0.5) is 8.78 Å². The molecule has 0 atom stereocenters. The smallest absolute Gasteiger partial charge is 0.268 e.